The predicted molar refractivity (Wildman–Crippen MR) is 108 cm³/mol. The summed E-state index contributed by atoms with van der Waals surface area (Å²) in [4.78, 5) is 11.8. The third-order valence-electron chi connectivity index (χ3n) is 6.79. The summed E-state index contributed by atoms with van der Waals surface area (Å²) >= 11 is 0. The van der Waals surface area contributed by atoms with Gasteiger partial charge in [-0.25, -0.2) is 18.7 Å². The van der Waals surface area contributed by atoms with Gasteiger partial charge in [-0.3, -0.25) is 0 Å². The van der Waals surface area contributed by atoms with Crippen LogP contribution in [0.5, 0.6) is 0 Å². The van der Waals surface area contributed by atoms with Crippen LogP contribution >= 0.6 is 0 Å². The van der Waals surface area contributed by atoms with E-state index < -0.39 is 23.4 Å². The number of aromatic amines is 1. The highest BCUT2D eigenvalue weighted by molar-refractivity contribution is 5.77. The Hall–Kier alpha value is -3.23. The zero-order valence-corrected chi connectivity index (χ0v) is 16.8. The summed E-state index contributed by atoms with van der Waals surface area (Å²) in [5.74, 6) is -0.533. The van der Waals surface area contributed by atoms with Crippen molar-refractivity contribution in [3.05, 3.63) is 71.3 Å². The van der Waals surface area contributed by atoms with Gasteiger partial charge in [0.15, 0.2) is 11.6 Å². The van der Waals surface area contributed by atoms with Crippen molar-refractivity contribution in [2.24, 2.45) is 11.8 Å². The first kappa shape index (κ1) is 19.5. The topological polar surface area (TPSA) is 46.5 Å². The van der Waals surface area contributed by atoms with Crippen molar-refractivity contribution < 1.29 is 22.0 Å². The highest BCUT2D eigenvalue weighted by Crippen LogP contribution is 2.61. The molecule has 0 aliphatic heterocycles. The number of benzene rings is 2. The van der Waals surface area contributed by atoms with E-state index in [2.05, 4.69) is 21.0 Å². The van der Waals surface area contributed by atoms with E-state index in [1.807, 2.05) is 11.5 Å². The lowest BCUT2D eigenvalue weighted by molar-refractivity contribution is -0.137. The highest BCUT2D eigenvalue weighted by atomic mass is 19.4. The fourth-order valence-electron chi connectivity index (χ4n) is 5.14. The lowest BCUT2D eigenvalue weighted by Gasteiger charge is -2.16. The van der Waals surface area contributed by atoms with Crippen molar-refractivity contribution in [1.29, 1.82) is 0 Å². The predicted octanol–water partition coefficient (Wildman–Crippen LogP) is 6.13. The number of alkyl halides is 3. The molecule has 2 aliphatic carbocycles. The van der Waals surface area contributed by atoms with Crippen molar-refractivity contribution in [1.82, 2.24) is 19.5 Å². The molecule has 1 unspecified atom stereocenters. The molecule has 2 aromatic carbocycles. The van der Waals surface area contributed by atoms with Crippen LogP contribution < -0.4 is 0 Å². The minimum atomic E-state index is -4.40. The lowest BCUT2D eigenvalue weighted by atomic mass is 9.99. The van der Waals surface area contributed by atoms with Crippen molar-refractivity contribution >= 4 is 22.1 Å². The molecule has 2 heterocycles. The molecule has 0 spiro atoms. The molecule has 2 aromatic heterocycles. The SMILES string of the molecule is CC(c1nc2ccc(C(F)(F)F)cc2[nH]1)[C@@H]1C2=C[C@H](n3cnc4cc(F)c(F)cc43)C[C@H]21. The van der Waals surface area contributed by atoms with Gasteiger partial charge in [0.05, 0.1) is 40.0 Å². The van der Waals surface area contributed by atoms with Crippen LogP contribution in [0.3, 0.4) is 0 Å². The Kier molecular flexibility index (Phi) is 3.89. The number of imidazole rings is 2. The van der Waals surface area contributed by atoms with Crippen molar-refractivity contribution in [2.75, 3.05) is 0 Å². The van der Waals surface area contributed by atoms with Gasteiger partial charge in [-0.2, -0.15) is 13.2 Å². The molecule has 1 N–H and O–H groups in total. The summed E-state index contributed by atoms with van der Waals surface area (Å²) < 4.78 is 68.0. The second-order valence-electron chi connectivity index (χ2n) is 8.65. The number of nitrogens with one attached hydrogen (secondary N) is 1. The first-order valence-corrected chi connectivity index (χ1v) is 10.3. The number of H-pyrrole nitrogens is 1. The van der Waals surface area contributed by atoms with Gasteiger partial charge in [0.25, 0.3) is 0 Å². The van der Waals surface area contributed by atoms with E-state index in [-0.39, 0.29) is 17.9 Å². The maximum absolute atomic E-state index is 13.7. The third kappa shape index (κ3) is 2.87. The van der Waals surface area contributed by atoms with E-state index in [1.54, 1.807) is 6.33 Å². The van der Waals surface area contributed by atoms with Crippen molar-refractivity contribution in [3.63, 3.8) is 0 Å². The maximum Gasteiger partial charge on any atom is 0.416 e. The second kappa shape index (κ2) is 6.40. The van der Waals surface area contributed by atoms with Gasteiger partial charge in [-0.15, -0.1) is 0 Å². The van der Waals surface area contributed by atoms with Crippen LogP contribution in [0, 0.1) is 23.5 Å². The van der Waals surface area contributed by atoms with E-state index in [0.29, 0.717) is 33.8 Å². The van der Waals surface area contributed by atoms with Gasteiger partial charge < -0.3 is 9.55 Å². The van der Waals surface area contributed by atoms with Crippen LogP contribution in [-0.2, 0) is 6.18 Å². The minimum absolute atomic E-state index is 0.0123. The van der Waals surface area contributed by atoms with Gasteiger partial charge in [0.1, 0.15) is 5.82 Å². The Morgan fingerprint density at radius 3 is 2.59 bits per heavy atom. The number of allylic oxidation sites excluding steroid dienone is 2. The maximum atomic E-state index is 13.7. The molecule has 0 saturated heterocycles. The van der Waals surface area contributed by atoms with Crippen LogP contribution in [-0.4, -0.2) is 19.5 Å². The second-order valence-corrected chi connectivity index (χ2v) is 8.65. The third-order valence-corrected chi connectivity index (χ3v) is 6.79. The molecule has 1 fully saturated rings. The summed E-state index contributed by atoms with van der Waals surface area (Å²) in [5.41, 5.74) is 2.41. The largest absolute Gasteiger partial charge is 0.416 e. The number of aromatic nitrogens is 4. The molecule has 4 atom stereocenters. The Labute approximate surface area is 178 Å². The summed E-state index contributed by atoms with van der Waals surface area (Å²) in [5, 5.41) is 0. The molecule has 0 radical (unpaired) electrons. The number of hydrogen-bond acceptors (Lipinski definition) is 2. The number of hydrogen-bond donors (Lipinski definition) is 1. The highest BCUT2D eigenvalue weighted by Gasteiger charge is 2.52. The smallest absolute Gasteiger partial charge is 0.342 e. The van der Waals surface area contributed by atoms with E-state index in [4.69, 9.17) is 0 Å². The fraction of sp³-hybridized carbons (Fsp3) is 0.304. The van der Waals surface area contributed by atoms with Crippen LogP contribution in [0.1, 0.15) is 36.7 Å². The molecule has 6 rings (SSSR count). The van der Waals surface area contributed by atoms with E-state index in [0.717, 1.165) is 24.6 Å². The Morgan fingerprint density at radius 2 is 1.88 bits per heavy atom. The van der Waals surface area contributed by atoms with Crippen LogP contribution in [0.2, 0.25) is 0 Å². The molecule has 9 heteroatoms. The summed E-state index contributed by atoms with van der Waals surface area (Å²) in [6.45, 7) is 2.02. The Bertz CT molecular complexity index is 1410. The van der Waals surface area contributed by atoms with Gasteiger partial charge in [-0.05, 0) is 36.5 Å². The molecular formula is C23H17F5N4. The Morgan fingerprint density at radius 1 is 1.09 bits per heavy atom. The first-order chi connectivity index (χ1) is 15.2. The number of fused-ring (bicyclic) bond motifs is 3. The molecule has 4 nitrogen and oxygen atoms in total. The normalized spacial score (nSPS) is 23.6. The Balaban J connectivity index is 1.25. The van der Waals surface area contributed by atoms with Crippen LogP contribution in [0.4, 0.5) is 22.0 Å². The van der Waals surface area contributed by atoms with Gasteiger partial charge in [0, 0.05) is 18.1 Å². The van der Waals surface area contributed by atoms with Gasteiger partial charge in [-0.1, -0.05) is 18.6 Å². The van der Waals surface area contributed by atoms with E-state index >= 15 is 0 Å². The van der Waals surface area contributed by atoms with Crippen molar-refractivity contribution in [2.45, 2.75) is 31.5 Å². The summed E-state index contributed by atoms with van der Waals surface area (Å²) in [7, 11) is 0. The number of rotatable bonds is 3. The van der Waals surface area contributed by atoms with Crippen LogP contribution in [0.15, 0.2) is 48.3 Å². The fourth-order valence-corrected chi connectivity index (χ4v) is 5.14. The molecule has 2 aliphatic rings. The quantitative estimate of drug-likeness (QED) is 0.305. The first-order valence-electron chi connectivity index (χ1n) is 10.3. The average molecular weight is 444 g/mol. The number of halogens is 5. The van der Waals surface area contributed by atoms with Gasteiger partial charge in [0.2, 0.25) is 0 Å². The van der Waals surface area contributed by atoms with Gasteiger partial charge >= 0.3 is 6.18 Å². The summed E-state index contributed by atoms with van der Waals surface area (Å²) in [6, 6.07) is 5.80. The average Bonchev–Trinajstić information content (AvgIpc) is 3.14. The van der Waals surface area contributed by atoms with E-state index in [9.17, 15) is 22.0 Å². The molecule has 1 saturated carbocycles. The van der Waals surface area contributed by atoms with Crippen LogP contribution in [0.25, 0.3) is 22.1 Å². The zero-order chi connectivity index (χ0) is 22.4. The molecule has 0 bridgehead atoms. The molecular weight excluding hydrogens is 427 g/mol. The summed E-state index contributed by atoms with van der Waals surface area (Å²) in [6.07, 6.45) is 0.155. The van der Waals surface area contributed by atoms with E-state index in [1.165, 1.54) is 17.7 Å². The monoisotopic (exact) mass is 444 g/mol. The number of nitrogens with zero attached hydrogens (tertiary/aromatic N) is 3. The molecule has 164 valence electrons. The minimum Gasteiger partial charge on any atom is -0.342 e. The van der Waals surface area contributed by atoms with Crippen molar-refractivity contribution in [3.8, 4) is 0 Å². The standard InChI is InChI=1S/C23H17F5N4/c1-10(22-30-17-3-2-11(23(26,27)28)4-18(17)31-22)21-13-5-12(6-14(13)21)32-9-29-19-7-15(24)16(25)8-20(19)32/h2-5,7-10,12,14,21H,6H2,1H3,(H,30,31)/t10?,12-,14+,21+/m0/s1. The molecule has 0 amide bonds. The lowest BCUT2D eigenvalue weighted by Crippen LogP contribution is -2.08. The zero-order valence-electron chi connectivity index (χ0n) is 16.8. The molecule has 32 heavy (non-hydrogen) atoms. The molecule has 4 aromatic rings.